The SMILES string of the molecule is CNC(=O)c1ccc(N[C@@H](C)c2csc(C(C)C)n2)c([N+](=O)[O-])c1. The van der Waals surface area contributed by atoms with E-state index in [2.05, 4.69) is 29.5 Å². The van der Waals surface area contributed by atoms with Gasteiger partial charge in [0.15, 0.2) is 0 Å². The molecule has 0 aliphatic rings. The quantitative estimate of drug-likeness (QED) is 0.613. The first kappa shape index (κ1) is 17.9. The lowest BCUT2D eigenvalue weighted by molar-refractivity contribution is -0.384. The summed E-state index contributed by atoms with van der Waals surface area (Å²) in [6.45, 7) is 6.04. The number of rotatable bonds is 6. The highest BCUT2D eigenvalue weighted by atomic mass is 32.1. The molecule has 1 heterocycles. The summed E-state index contributed by atoms with van der Waals surface area (Å²) in [5.41, 5.74) is 1.31. The summed E-state index contributed by atoms with van der Waals surface area (Å²) in [5, 5.41) is 19.9. The van der Waals surface area contributed by atoms with Crippen molar-refractivity contribution in [3.05, 3.63) is 50.0 Å². The predicted molar refractivity (Wildman–Crippen MR) is 94.7 cm³/mol. The van der Waals surface area contributed by atoms with Gasteiger partial charge in [0.25, 0.3) is 11.6 Å². The van der Waals surface area contributed by atoms with Crippen LogP contribution < -0.4 is 10.6 Å². The van der Waals surface area contributed by atoms with E-state index in [1.54, 1.807) is 23.5 Å². The van der Waals surface area contributed by atoms with Gasteiger partial charge in [0.1, 0.15) is 5.69 Å². The predicted octanol–water partition coefficient (Wildman–Crippen LogP) is 3.71. The van der Waals surface area contributed by atoms with Gasteiger partial charge in [-0.05, 0) is 19.1 Å². The lowest BCUT2D eigenvalue weighted by Crippen LogP contribution is -2.18. The van der Waals surface area contributed by atoms with Crippen LogP contribution in [0.5, 0.6) is 0 Å². The molecule has 0 spiro atoms. The van der Waals surface area contributed by atoms with E-state index in [0.717, 1.165) is 10.7 Å². The third kappa shape index (κ3) is 3.88. The Kier molecular flexibility index (Phi) is 5.50. The second kappa shape index (κ2) is 7.39. The maximum Gasteiger partial charge on any atom is 0.293 e. The van der Waals surface area contributed by atoms with Crippen molar-refractivity contribution in [2.45, 2.75) is 32.7 Å². The average Bonchev–Trinajstić information content (AvgIpc) is 3.04. The van der Waals surface area contributed by atoms with Crippen LogP contribution in [-0.2, 0) is 0 Å². The highest BCUT2D eigenvalue weighted by Gasteiger charge is 2.20. The van der Waals surface area contributed by atoms with Gasteiger partial charge in [0.2, 0.25) is 0 Å². The van der Waals surface area contributed by atoms with E-state index in [9.17, 15) is 14.9 Å². The van der Waals surface area contributed by atoms with Crippen LogP contribution in [0.2, 0.25) is 0 Å². The van der Waals surface area contributed by atoms with Crippen molar-refractivity contribution in [2.75, 3.05) is 12.4 Å². The van der Waals surface area contributed by atoms with Crippen molar-refractivity contribution < 1.29 is 9.72 Å². The number of carbonyl (C=O) groups is 1. The Hall–Kier alpha value is -2.48. The molecule has 1 amide bonds. The number of nitro groups is 1. The van der Waals surface area contributed by atoms with Crippen LogP contribution in [0.25, 0.3) is 0 Å². The maximum absolute atomic E-state index is 11.6. The first-order chi connectivity index (χ1) is 11.3. The zero-order valence-corrected chi connectivity index (χ0v) is 14.8. The van der Waals surface area contributed by atoms with E-state index >= 15 is 0 Å². The fourth-order valence-corrected chi connectivity index (χ4v) is 3.09. The maximum atomic E-state index is 11.6. The van der Waals surface area contributed by atoms with E-state index in [0.29, 0.717) is 11.6 Å². The van der Waals surface area contributed by atoms with Crippen LogP contribution in [0.1, 0.15) is 53.8 Å². The smallest absolute Gasteiger partial charge is 0.293 e. The normalized spacial score (nSPS) is 12.0. The van der Waals surface area contributed by atoms with Gasteiger partial charge < -0.3 is 10.6 Å². The first-order valence-electron chi connectivity index (χ1n) is 7.55. The van der Waals surface area contributed by atoms with E-state index < -0.39 is 4.92 Å². The van der Waals surface area contributed by atoms with Gasteiger partial charge in [-0.3, -0.25) is 14.9 Å². The molecule has 8 heteroatoms. The second-order valence-electron chi connectivity index (χ2n) is 5.70. The largest absolute Gasteiger partial charge is 0.371 e. The third-order valence-electron chi connectivity index (χ3n) is 3.53. The monoisotopic (exact) mass is 348 g/mol. The Balaban J connectivity index is 2.27. The molecule has 2 aromatic rings. The molecule has 0 saturated carbocycles. The number of hydrogen-bond donors (Lipinski definition) is 2. The molecule has 0 radical (unpaired) electrons. The lowest BCUT2D eigenvalue weighted by atomic mass is 10.1. The summed E-state index contributed by atoms with van der Waals surface area (Å²) >= 11 is 1.58. The fraction of sp³-hybridized carbons (Fsp3) is 0.375. The van der Waals surface area contributed by atoms with E-state index in [1.165, 1.54) is 13.1 Å². The van der Waals surface area contributed by atoms with Crippen LogP contribution in [-0.4, -0.2) is 22.9 Å². The molecule has 128 valence electrons. The molecule has 1 aromatic heterocycles. The minimum Gasteiger partial charge on any atom is -0.371 e. The minimum atomic E-state index is -0.498. The molecule has 0 fully saturated rings. The molecule has 0 aliphatic heterocycles. The molecule has 1 atom stereocenters. The first-order valence-corrected chi connectivity index (χ1v) is 8.43. The number of anilines is 1. The Labute approximate surface area is 144 Å². The number of thiazole rings is 1. The average molecular weight is 348 g/mol. The lowest BCUT2D eigenvalue weighted by Gasteiger charge is -2.14. The van der Waals surface area contributed by atoms with Gasteiger partial charge in [-0.15, -0.1) is 11.3 Å². The number of benzene rings is 1. The van der Waals surface area contributed by atoms with Crippen LogP contribution in [0.3, 0.4) is 0 Å². The molecular weight excluding hydrogens is 328 g/mol. The standard InChI is InChI=1S/C16H20N4O3S/c1-9(2)16-19-13(8-24-16)10(3)18-12-6-5-11(15(21)17-4)7-14(12)20(22)23/h5-10,18H,1-4H3,(H,17,21)/t10-/m0/s1. The third-order valence-corrected chi connectivity index (χ3v) is 4.70. The summed E-state index contributed by atoms with van der Waals surface area (Å²) < 4.78 is 0. The van der Waals surface area contributed by atoms with Gasteiger partial charge in [-0.2, -0.15) is 0 Å². The fourth-order valence-electron chi connectivity index (χ4n) is 2.16. The van der Waals surface area contributed by atoms with Crippen molar-refractivity contribution in [2.24, 2.45) is 0 Å². The molecule has 7 nitrogen and oxygen atoms in total. The highest BCUT2D eigenvalue weighted by Crippen LogP contribution is 2.30. The molecule has 0 saturated heterocycles. The Morgan fingerprint density at radius 1 is 1.33 bits per heavy atom. The Bertz CT molecular complexity index is 758. The van der Waals surface area contributed by atoms with Crippen molar-refractivity contribution in [3.8, 4) is 0 Å². The number of nitrogens with one attached hydrogen (secondary N) is 2. The van der Waals surface area contributed by atoms with Gasteiger partial charge in [0.05, 0.1) is 21.7 Å². The second-order valence-corrected chi connectivity index (χ2v) is 6.59. The van der Waals surface area contributed by atoms with Gasteiger partial charge >= 0.3 is 0 Å². The van der Waals surface area contributed by atoms with Crippen LogP contribution in [0.15, 0.2) is 23.6 Å². The number of nitro benzene ring substituents is 1. The molecule has 1 aromatic carbocycles. The molecular formula is C16H20N4O3S. The highest BCUT2D eigenvalue weighted by molar-refractivity contribution is 7.09. The number of carbonyl (C=O) groups excluding carboxylic acids is 1. The van der Waals surface area contributed by atoms with Crippen LogP contribution in [0.4, 0.5) is 11.4 Å². The van der Waals surface area contributed by atoms with E-state index in [1.807, 2.05) is 12.3 Å². The van der Waals surface area contributed by atoms with Crippen molar-refractivity contribution in [3.63, 3.8) is 0 Å². The van der Waals surface area contributed by atoms with Gasteiger partial charge in [-0.25, -0.2) is 4.98 Å². The van der Waals surface area contributed by atoms with Gasteiger partial charge in [-0.1, -0.05) is 13.8 Å². The van der Waals surface area contributed by atoms with Crippen LogP contribution >= 0.6 is 11.3 Å². The molecule has 0 unspecified atom stereocenters. The van der Waals surface area contributed by atoms with Crippen molar-refractivity contribution in [1.29, 1.82) is 0 Å². The number of aromatic nitrogens is 1. The summed E-state index contributed by atoms with van der Waals surface area (Å²) in [6, 6.07) is 4.20. The summed E-state index contributed by atoms with van der Waals surface area (Å²) in [7, 11) is 1.48. The summed E-state index contributed by atoms with van der Waals surface area (Å²) in [4.78, 5) is 27.0. The van der Waals surface area contributed by atoms with Crippen molar-refractivity contribution >= 4 is 28.6 Å². The van der Waals surface area contributed by atoms with E-state index in [-0.39, 0.29) is 23.2 Å². The summed E-state index contributed by atoms with van der Waals surface area (Å²) in [6.07, 6.45) is 0. The zero-order valence-electron chi connectivity index (χ0n) is 14.0. The minimum absolute atomic E-state index is 0.137. The number of amides is 1. The number of nitrogens with zero attached hydrogens (tertiary/aromatic N) is 2. The molecule has 0 aliphatic carbocycles. The van der Waals surface area contributed by atoms with E-state index in [4.69, 9.17) is 0 Å². The van der Waals surface area contributed by atoms with Crippen LogP contribution in [0, 0.1) is 10.1 Å². The Morgan fingerprint density at radius 3 is 2.58 bits per heavy atom. The summed E-state index contributed by atoms with van der Waals surface area (Å²) in [5.74, 6) is -0.0177. The number of hydrogen-bond acceptors (Lipinski definition) is 6. The zero-order chi connectivity index (χ0) is 17.9. The van der Waals surface area contributed by atoms with Gasteiger partial charge in [0, 0.05) is 30.0 Å². The topological polar surface area (TPSA) is 97.2 Å². The molecule has 2 rings (SSSR count). The molecule has 0 bridgehead atoms. The molecule has 2 N–H and O–H groups in total. The Morgan fingerprint density at radius 2 is 2.04 bits per heavy atom. The molecule has 24 heavy (non-hydrogen) atoms. The van der Waals surface area contributed by atoms with Crippen molar-refractivity contribution in [1.82, 2.24) is 10.3 Å².